The van der Waals surface area contributed by atoms with Gasteiger partial charge in [0, 0.05) is 6.54 Å². The number of halogens is 3. The third-order valence-corrected chi connectivity index (χ3v) is 2.24. The molecular weight excluding hydrogens is 248 g/mol. The Balaban J connectivity index is 2.05. The van der Waals surface area contributed by atoms with Crippen molar-refractivity contribution in [3.05, 3.63) is 52.9 Å². The fourth-order valence-electron chi connectivity index (χ4n) is 1.27. The van der Waals surface area contributed by atoms with E-state index in [1.165, 1.54) is 18.5 Å². The van der Waals surface area contributed by atoms with Crippen LogP contribution in [0.15, 0.2) is 30.6 Å². The van der Waals surface area contributed by atoms with E-state index in [0.717, 1.165) is 12.1 Å². The van der Waals surface area contributed by atoms with E-state index in [4.69, 9.17) is 11.6 Å². The summed E-state index contributed by atoms with van der Waals surface area (Å²) >= 11 is 5.65. The highest BCUT2D eigenvalue weighted by molar-refractivity contribution is 6.29. The first-order valence-corrected chi connectivity index (χ1v) is 5.18. The van der Waals surface area contributed by atoms with Crippen molar-refractivity contribution in [2.75, 3.05) is 5.32 Å². The molecule has 0 bridgehead atoms. The zero-order valence-corrected chi connectivity index (χ0v) is 9.38. The lowest BCUT2D eigenvalue weighted by Gasteiger charge is -2.05. The summed E-state index contributed by atoms with van der Waals surface area (Å²) < 4.78 is 25.6. The van der Waals surface area contributed by atoms with Crippen LogP contribution in [0.4, 0.5) is 14.6 Å². The summed E-state index contributed by atoms with van der Waals surface area (Å²) in [6.45, 7) is 0.312. The van der Waals surface area contributed by atoms with Gasteiger partial charge in [0.25, 0.3) is 0 Å². The van der Waals surface area contributed by atoms with E-state index in [2.05, 4.69) is 15.3 Å². The Morgan fingerprint density at radius 1 is 1.18 bits per heavy atom. The largest absolute Gasteiger partial charge is 0.365 e. The maximum absolute atomic E-state index is 12.9. The average molecular weight is 256 g/mol. The van der Waals surface area contributed by atoms with Crippen LogP contribution < -0.4 is 5.32 Å². The molecule has 2 rings (SSSR count). The van der Waals surface area contributed by atoms with Crippen LogP contribution in [-0.2, 0) is 6.54 Å². The SMILES string of the molecule is Fc1ccc(CNc2cncc(Cl)n2)cc1F. The Bertz CT molecular complexity index is 534. The van der Waals surface area contributed by atoms with Gasteiger partial charge in [-0.3, -0.25) is 4.98 Å². The Hall–Kier alpha value is -1.75. The van der Waals surface area contributed by atoms with Gasteiger partial charge in [-0.25, -0.2) is 13.8 Å². The lowest BCUT2D eigenvalue weighted by Crippen LogP contribution is -2.02. The van der Waals surface area contributed by atoms with E-state index >= 15 is 0 Å². The summed E-state index contributed by atoms with van der Waals surface area (Å²) in [5.74, 6) is -1.26. The van der Waals surface area contributed by atoms with Crippen LogP contribution >= 0.6 is 11.6 Å². The highest BCUT2D eigenvalue weighted by atomic mass is 35.5. The number of anilines is 1. The number of nitrogens with zero attached hydrogens (tertiary/aromatic N) is 2. The van der Waals surface area contributed by atoms with Crippen molar-refractivity contribution < 1.29 is 8.78 Å². The van der Waals surface area contributed by atoms with Gasteiger partial charge in [-0.2, -0.15) is 0 Å². The van der Waals surface area contributed by atoms with E-state index in [1.807, 2.05) is 0 Å². The first kappa shape index (κ1) is 11.7. The predicted molar refractivity (Wildman–Crippen MR) is 60.7 cm³/mol. The van der Waals surface area contributed by atoms with Gasteiger partial charge in [0.05, 0.1) is 12.4 Å². The van der Waals surface area contributed by atoms with Crippen molar-refractivity contribution in [2.24, 2.45) is 0 Å². The smallest absolute Gasteiger partial charge is 0.159 e. The zero-order valence-electron chi connectivity index (χ0n) is 8.62. The molecule has 0 saturated heterocycles. The number of benzene rings is 1. The van der Waals surface area contributed by atoms with Crippen LogP contribution in [0.25, 0.3) is 0 Å². The molecule has 6 heteroatoms. The fraction of sp³-hybridized carbons (Fsp3) is 0.0909. The molecule has 1 N–H and O–H groups in total. The van der Waals surface area contributed by atoms with Crippen LogP contribution in [0.2, 0.25) is 5.15 Å². The van der Waals surface area contributed by atoms with Crippen LogP contribution in [0.1, 0.15) is 5.56 Å². The molecule has 0 aliphatic carbocycles. The number of aromatic nitrogens is 2. The Morgan fingerprint density at radius 2 is 2.00 bits per heavy atom. The molecule has 3 nitrogen and oxygen atoms in total. The molecule has 0 aliphatic heterocycles. The van der Waals surface area contributed by atoms with E-state index in [0.29, 0.717) is 17.9 Å². The van der Waals surface area contributed by atoms with E-state index in [1.54, 1.807) is 0 Å². The molecule has 17 heavy (non-hydrogen) atoms. The van der Waals surface area contributed by atoms with Gasteiger partial charge in [-0.1, -0.05) is 17.7 Å². The number of hydrogen-bond acceptors (Lipinski definition) is 3. The summed E-state index contributed by atoms with van der Waals surface area (Å²) in [7, 11) is 0. The molecule has 0 fully saturated rings. The molecular formula is C11H8ClF2N3. The maximum Gasteiger partial charge on any atom is 0.159 e. The Morgan fingerprint density at radius 3 is 2.71 bits per heavy atom. The molecule has 2 aromatic rings. The van der Waals surface area contributed by atoms with Crippen molar-refractivity contribution in [1.82, 2.24) is 9.97 Å². The van der Waals surface area contributed by atoms with Gasteiger partial charge in [-0.15, -0.1) is 0 Å². The van der Waals surface area contributed by atoms with Crippen molar-refractivity contribution in [3.8, 4) is 0 Å². The highest BCUT2D eigenvalue weighted by Gasteiger charge is 2.03. The molecule has 88 valence electrons. The van der Waals surface area contributed by atoms with Crippen LogP contribution in [0.3, 0.4) is 0 Å². The van der Waals surface area contributed by atoms with E-state index in [-0.39, 0.29) is 5.15 Å². The second kappa shape index (κ2) is 5.05. The molecule has 1 aromatic carbocycles. The minimum atomic E-state index is -0.874. The minimum Gasteiger partial charge on any atom is -0.365 e. The average Bonchev–Trinajstić information content (AvgIpc) is 2.31. The first-order chi connectivity index (χ1) is 8.15. The Kier molecular flexibility index (Phi) is 3.49. The van der Waals surface area contributed by atoms with Crippen molar-refractivity contribution in [3.63, 3.8) is 0 Å². The lowest BCUT2D eigenvalue weighted by atomic mass is 10.2. The normalized spacial score (nSPS) is 10.3. The van der Waals surface area contributed by atoms with Gasteiger partial charge >= 0.3 is 0 Å². The Labute approximate surface area is 101 Å². The summed E-state index contributed by atoms with van der Waals surface area (Å²) in [4.78, 5) is 7.79. The summed E-state index contributed by atoms with van der Waals surface area (Å²) in [5, 5.41) is 3.17. The van der Waals surface area contributed by atoms with E-state index < -0.39 is 11.6 Å². The second-order valence-electron chi connectivity index (χ2n) is 3.33. The van der Waals surface area contributed by atoms with Crippen LogP contribution in [-0.4, -0.2) is 9.97 Å². The molecule has 0 spiro atoms. The second-order valence-corrected chi connectivity index (χ2v) is 3.72. The van der Waals surface area contributed by atoms with Gasteiger partial charge in [0.1, 0.15) is 11.0 Å². The number of rotatable bonds is 3. The van der Waals surface area contributed by atoms with Crippen molar-refractivity contribution in [2.45, 2.75) is 6.54 Å². The fourth-order valence-corrected chi connectivity index (χ4v) is 1.42. The lowest BCUT2D eigenvalue weighted by molar-refractivity contribution is 0.507. The number of hydrogen-bond donors (Lipinski definition) is 1. The number of nitrogens with one attached hydrogen (secondary N) is 1. The van der Waals surface area contributed by atoms with Gasteiger partial charge < -0.3 is 5.32 Å². The molecule has 0 saturated carbocycles. The third kappa shape index (κ3) is 3.10. The minimum absolute atomic E-state index is 0.264. The van der Waals surface area contributed by atoms with Gasteiger partial charge in [0.15, 0.2) is 11.6 Å². The van der Waals surface area contributed by atoms with Crippen LogP contribution in [0.5, 0.6) is 0 Å². The van der Waals surface area contributed by atoms with Crippen molar-refractivity contribution in [1.29, 1.82) is 0 Å². The molecule has 1 heterocycles. The topological polar surface area (TPSA) is 37.8 Å². The van der Waals surface area contributed by atoms with E-state index in [9.17, 15) is 8.78 Å². The van der Waals surface area contributed by atoms with Crippen molar-refractivity contribution >= 4 is 17.4 Å². The monoisotopic (exact) mass is 255 g/mol. The van der Waals surface area contributed by atoms with Gasteiger partial charge in [-0.05, 0) is 17.7 Å². The molecule has 0 radical (unpaired) electrons. The summed E-state index contributed by atoms with van der Waals surface area (Å²) in [6, 6.07) is 3.69. The third-order valence-electron chi connectivity index (χ3n) is 2.06. The predicted octanol–water partition coefficient (Wildman–Crippen LogP) is 3.02. The molecule has 0 atom stereocenters. The molecule has 0 aliphatic rings. The summed E-state index contributed by atoms with van der Waals surface area (Å²) in [5.41, 5.74) is 0.602. The quantitative estimate of drug-likeness (QED) is 0.916. The highest BCUT2D eigenvalue weighted by Crippen LogP contribution is 2.11. The standard InChI is InChI=1S/C11H8ClF2N3/c12-10-5-15-6-11(17-10)16-4-7-1-2-8(13)9(14)3-7/h1-3,5-6H,4H2,(H,16,17). The maximum atomic E-state index is 12.9. The summed E-state index contributed by atoms with van der Waals surface area (Å²) in [6.07, 6.45) is 2.90. The molecule has 0 amide bonds. The zero-order chi connectivity index (χ0) is 12.3. The van der Waals surface area contributed by atoms with Gasteiger partial charge in [0.2, 0.25) is 0 Å². The molecule has 0 unspecified atom stereocenters. The van der Waals surface area contributed by atoms with Crippen LogP contribution in [0, 0.1) is 11.6 Å². The first-order valence-electron chi connectivity index (χ1n) is 4.80. The molecule has 1 aromatic heterocycles.